The van der Waals surface area contributed by atoms with Gasteiger partial charge in [-0.15, -0.1) is 0 Å². The molecule has 5 nitrogen and oxygen atoms in total. The van der Waals surface area contributed by atoms with E-state index in [4.69, 9.17) is 15.2 Å². The van der Waals surface area contributed by atoms with E-state index in [0.29, 0.717) is 25.8 Å². The van der Waals surface area contributed by atoms with E-state index in [0.717, 1.165) is 37.2 Å². The molecule has 0 radical (unpaired) electrons. The van der Waals surface area contributed by atoms with Gasteiger partial charge in [-0.3, -0.25) is 0 Å². The van der Waals surface area contributed by atoms with Crippen LogP contribution >= 0.6 is 0 Å². The van der Waals surface area contributed by atoms with Gasteiger partial charge in [0.15, 0.2) is 0 Å². The van der Waals surface area contributed by atoms with Crippen molar-refractivity contribution in [1.29, 1.82) is 0 Å². The van der Waals surface area contributed by atoms with E-state index >= 15 is 0 Å². The molecule has 2 rings (SSSR count). The van der Waals surface area contributed by atoms with Crippen molar-refractivity contribution in [2.45, 2.75) is 31.6 Å². The van der Waals surface area contributed by atoms with E-state index in [1.807, 2.05) is 24.3 Å². The number of piperidine rings is 1. The van der Waals surface area contributed by atoms with E-state index in [1.165, 1.54) is 0 Å². The molecule has 1 fully saturated rings. The number of methoxy groups -OCH3 is 1. The summed E-state index contributed by atoms with van der Waals surface area (Å²) in [5.74, 6) is 0.768. The van der Waals surface area contributed by atoms with Crippen molar-refractivity contribution in [3.8, 4) is 5.75 Å². The summed E-state index contributed by atoms with van der Waals surface area (Å²) in [5.41, 5.74) is 6.62. The highest BCUT2D eigenvalue weighted by Crippen LogP contribution is 2.14. The zero-order valence-corrected chi connectivity index (χ0v) is 12.7. The molecule has 21 heavy (non-hydrogen) atoms. The summed E-state index contributed by atoms with van der Waals surface area (Å²) in [5, 5.41) is 10.1. The van der Waals surface area contributed by atoms with Crippen molar-refractivity contribution in [3.63, 3.8) is 0 Å². The van der Waals surface area contributed by atoms with Crippen molar-refractivity contribution in [2.24, 2.45) is 5.73 Å². The minimum absolute atomic E-state index is 0.312. The lowest BCUT2D eigenvalue weighted by molar-refractivity contribution is 0.0153. The van der Waals surface area contributed by atoms with Gasteiger partial charge < -0.3 is 25.2 Å². The summed E-state index contributed by atoms with van der Waals surface area (Å²) in [6, 6.07) is 7.66. The van der Waals surface area contributed by atoms with E-state index in [2.05, 4.69) is 4.90 Å². The number of β-amino-alcohol motifs (C(OH)–C–C–N with tert-alkyl or cyclic N) is 1. The predicted octanol–water partition coefficient (Wildman–Crippen LogP) is 0.996. The van der Waals surface area contributed by atoms with Gasteiger partial charge in [0.1, 0.15) is 18.5 Å². The second-order valence-corrected chi connectivity index (χ2v) is 5.55. The van der Waals surface area contributed by atoms with E-state index in [-0.39, 0.29) is 0 Å². The highest BCUT2D eigenvalue weighted by atomic mass is 16.5. The quantitative estimate of drug-likeness (QED) is 0.785. The molecule has 0 spiro atoms. The summed E-state index contributed by atoms with van der Waals surface area (Å²) >= 11 is 0. The number of hydrogen-bond donors (Lipinski definition) is 2. The fourth-order valence-electron chi connectivity index (χ4n) is 2.59. The van der Waals surface area contributed by atoms with Crippen LogP contribution in [0.5, 0.6) is 5.75 Å². The SMILES string of the molecule is COC1CCN(CC(O)COc2ccc(CN)cc2)CC1. The van der Waals surface area contributed by atoms with Crippen LogP contribution in [0.2, 0.25) is 0 Å². The fraction of sp³-hybridized carbons (Fsp3) is 0.625. The third-order valence-corrected chi connectivity index (χ3v) is 3.94. The number of benzene rings is 1. The Balaban J connectivity index is 1.68. The molecule has 0 amide bonds. The number of ether oxygens (including phenoxy) is 2. The maximum absolute atomic E-state index is 10.1. The van der Waals surface area contributed by atoms with Gasteiger partial charge in [-0.25, -0.2) is 0 Å². The molecule has 1 unspecified atom stereocenters. The van der Waals surface area contributed by atoms with Crippen LogP contribution in [0.4, 0.5) is 0 Å². The Labute approximate surface area is 126 Å². The van der Waals surface area contributed by atoms with Gasteiger partial charge in [-0.2, -0.15) is 0 Å². The molecular formula is C16H26N2O3. The molecular weight excluding hydrogens is 268 g/mol. The normalized spacial score (nSPS) is 18.6. The summed E-state index contributed by atoms with van der Waals surface area (Å²) in [4.78, 5) is 2.26. The first kappa shape index (κ1) is 16.2. The number of nitrogens with zero attached hydrogens (tertiary/aromatic N) is 1. The lowest BCUT2D eigenvalue weighted by Gasteiger charge is -2.32. The van der Waals surface area contributed by atoms with E-state index in [9.17, 15) is 5.11 Å². The predicted molar refractivity (Wildman–Crippen MR) is 82.3 cm³/mol. The Morgan fingerprint density at radius 2 is 1.95 bits per heavy atom. The standard InChI is InChI=1S/C16H26N2O3/c1-20-15-6-8-18(9-7-15)11-14(19)12-21-16-4-2-13(10-17)3-5-16/h2-5,14-15,19H,6-12,17H2,1H3. The average molecular weight is 294 g/mol. The van der Waals surface area contributed by atoms with Crippen molar-refractivity contribution in [1.82, 2.24) is 4.90 Å². The van der Waals surface area contributed by atoms with Gasteiger partial charge in [-0.05, 0) is 30.5 Å². The molecule has 1 aliphatic heterocycles. The summed E-state index contributed by atoms with van der Waals surface area (Å²) in [6.07, 6.45) is 1.96. The molecule has 0 aliphatic carbocycles. The molecule has 0 bridgehead atoms. The highest BCUT2D eigenvalue weighted by molar-refractivity contribution is 5.27. The maximum atomic E-state index is 10.1. The molecule has 3 N–H and O–H groups in total. The third-order valence-electron chi connectivity index (χ3n) is 3.94. The minimum Gasteiger partial charge on any atom is -0.491 e. The first-order valence-corrected chi connectivity index (χ1v) is 7.56. The van der Waals surface area contributed by atoms with Crippen LogP contribution < -0.4 is 10.5 Å². The van der Waals surface area contributed by atoms with Crippen LogP contribution in [0.25, 0.3) is 0 Å². The number of nitrogens with two attached hydrogens (primary N) is 1. The molecule has 1 aromatic carbocycles. The number of rotatable bonds is 7. The highest BCUT2D eigenvalue weighted by Gasteiger charge is 2.20. The first-order chi connectivity index (χ1) is 10.2. The Kier molecular flexibility index (Phi) is 6.45. The lowest BCUT2D eigenvalue weighted by atomic mass is 10.1. The summed E-state index contributed by atoms with van der Waals surface area (Å²) < 4.78 is 11.0. The van der Waals surface area contributed by atoms with Crippen molar-refractivity contribution in [2.75, 3.05) is 33.4 Å². The Morgan fingerprint density at radius 3 is 2.52 bits per heavy atom. The van der Waals surface area contributed by atoms with E-state index in [1.54, 1.807) is 7.11 Å². The Hall–Kier alpha value is -1.14. The Bertz CT molecular complexity index is 402. The fourth-order valence-corrected chi connectivity index (χ4v) is 2.59. The molecule has 0 saturated carbocycles. The molecule has 1 heterocycles. The molecule has 1 atom stereocenters. The van der Waals surface area contributed by atoms with Gasteiger partial charge in [-0.1, -0.05) is 12.1 Å². The number of aliphatic hydroxyl groups is 1. The zero-order chi connectivity index (χ0) is 15.1. The largest absolute Gasteiger partial charge is 0.491 e. The summed E-state index contributed by atoms with van der Waals surface area (Å²) in [7, 11) is 1.76. The van der Waals surface area contributed by atoms with Gasteiger partial charge in [0.2, 0.25) is 0 Å². The van der Waals surface area contributed by atoms with Crippen molar-refractivity contribution < 1.29 is 14.6 Å². The maximum Gasteiger partial charge on any atom is 0.119 e. The molecule has 1 saturated heterocycles. The van der Waals surface area contributed by atoms with Crippen molar-refractivity contribution >= 4 is 0 Å². The lowest BCUT2D eigenvalue weighted by Crippen LogP contribution is -2.42. The van der Waals surface area contributed by atoms with Crippen LogP contribution in [0.15, 0.2) is 24.3 Å². The van der Waals surface area contributed by atoms with Crippen LogP contribution in [-0.2, 0) is 11.3 Å². The second kappa shape index (κ2) is 8.34. The topological polar surface area (TPSA) is 68.0 Å². The second-order valence-electron chi connectivity index (χ2n) is 5.55. The average Bonchev–Trinajstić information content (AvgIpc) is 2.54. The van der Waals surface area contributed by atoms with Crippen LogP contribution in [-0.4, -0.2) is 55.6 Å². The summed E-state index contributed by atoms with van der Waals surface area (Å²) in [6.45, 7) is 3.44. The van der Waals surface area contributed by atoms with Gasteiger partial charge >= 0.3 is 0 Å². The van der Waals surface area contributed by atoms with Crippen LogP contribution in [0, 0.1) is 0 Å². The van der Waals surface area contributed by atoms with Gasteiger partial charge in [0.25, 0.3) is 0 Å². The monoisotopic (exact) mass is 294 g/mol. The Morgan fingerprint density at radius 1 is 1.29 bits per heavy atom. The van der Waals surface area contributed by atoms with Gasteiger partial charge in [0, 0.05) is 33.3 Å². The van der Waals surface area contributed by atoms with Gasteiger partial charge in [0.05, 0.1) is 6.10 Å². The molecule has 0 aromatic heterocycles. The third kappa shape index (κ3) is 5.28. The number of hydrogen-bond acceptors (Lipinski definition) is 5. The first-order valence-electron chi connectivity index (χ1n) is 7.56. The molecule has 1 aromatic rings. The van der Waals surface area contributed by atoms with Crippen molar-refractivity contribution in [3.05, 3.63) is 29.8 Å². The molecule has 118 valence electrons. The van der Waals surface area contributed by atoms with Crippen LogP contribution in [0.3, 0.4) is 0 Å². The van der Waals surface area contributed by atoms with Crippen LogP contribution in [0.1, 0.15) is 18.4 Å². The smallest absolute Gasteiger partial charge is 0.119 e. The minimum atomic E-state index is -0.474. The number of likely N-dealkylation sites (tertiary alicyclic amines) is 1. The number of aliphatic hydroxyl groups excluding tert-OH is 1. The molecule has 5 heteroatoms. The molecule has 1 aliphatic rings. The zero-order valence-electron chi connectivity index (χ0n) is 12.7. The van der Waals surface area contributed by atoms with E-state index < -0.39 is 6.10 Å².